The third-order valence-electron chi connectivity index (χ3n) is 3.46. The number of nitrogens with two attached hydrogens (primary N) is 1. The van der Waals surface area contributed by atoms with E-state index in [1.165, 1.54) is 0 Å². The molecule has 7 nitrogen and oxygen atoms in total. The second-order valence-corrected chi connectivity index (χ2v) is 4.86. The molecule has 114 valence electrons. The van der Waals surface area contributed by atoms with Crippen LogP contribution in [0, 0.1) is 6.92 Å². The van der Waals surface area contributed by atoms with E-state index >= 15 is 0 Å². The Morgan fingerprint density at radius 1 is 1.57 bits per heavy atom. The second-order valence-electron chi connectivity index (χ2n) is 4.86. The molecule has 1 amide bonds. The van der Waals surface area contributed by atoms with Crippen LogP contribution in [-0.4, -0.2) is 49.1 Å². The first-order valence-corrected chi connectivity index (χ1v) is 6.95. The third kappa shape index (κ3) is 3.13. The second kappa shape index (κ2) is 6.53. The zero-order valence-corrected chi connectivity index (χ0v) is 12.3. The number of carbonyl (C=O) groups excluding carboxylic acids is 2. The van der Waals surface area contributed by atoms with Gasteiger partial charge in [0.1, 0.15) is 11.9 Å². The Morgan fingerprint density at radius 3 is 3.00 bits per heavy atom. The van der Waals surface area contributed by atoms with E-state index in [2.05, 4.69) is 10.3 Å². The number of carbonyl (C=O) groups is 2. The van der Waals surface area contributed by atoms with E-state index in [1.54, 1.807) is 31.0 Å². The quantitative estimate of drug-likeness (QED) is 0.748. The standard InChI is InChI=1S/C14H20N4O3/c1-3-21-14(20)10-8-16-6-7-18(10)13-11(12(15)19)9(2)4-5-17-13/h4-5,10,16H,3,6-8H2,1-2H3,(H2,15,19). The van der Waals surface area contributed by atoms with Gasteiger partial charge >= 0.3 is 5.97 Å². The molecule has 0 saturated carbocycles. The van der Waals surface area contributed by atoms with Crippen LogP contribution in [0.3, 0.4) is 0 Å². The number of ether oxygens (including phenoxy) is 1. The Balaban J connectivity index is 2.40. The van der Waals surface area contributed by atoms with Crippen molar-refractivity contribution >= 4 is 17.7 Å². The van der Waals surface area contributed by atoms with Gasteiger partial charge in [-0.15, -0.1) is 0 Å². The van der Waals surface area contributed by atoms with Gasteiger partial charge in [-0.05, 0) is 25.5 Å². The summed E-state index contributed by atoms with van der Waals surface area (Å²) in [5.41, 5.74) is 6.56. The first-order chi connectivity index (χ1) is 10.1. The van der Waals surface area contributed by atoms with E-state index in [0.717, 1.165) is 5.56 Å². The molecule has 1 unspecified atom stereocenters. The van der Waals surface area contributed by atoms with Gasteiger partial charge in [0.25, 0.3) is 5.91 Å². The fourth-order valence-electron chi connectivity index (χ4n) is 2.47. The van der Waals surface area contributed by atoms with Crippen LogP contribution < -0.4 is 16.0 Å². The van der Waals surface area contributed by atoms with Crippen LogP contribution in [0.5, 0.6) is 0 Å². The molecular formula is C14H20N4O3. The molecule has 1 fully saturated rings. The van der Waals surface area contributed by atoms with E-state index in [0.29, 0.717) is 37.6 Å². The summed E-state index contributed by atoms with van der Waals surface area (Å²) in [5, 5.41) is 3.15. The number of anilines is 1. The van der Waals surface area contributed by atoms with Crippen LogP contribution in [0.1, 0.15) is 22.8 Å². The third-order valence-corrected chi connectivity index (χ3v) is 3.46. The monoisotopic (exact) mass is 292 g/mol. The average Bonchev–Trinajstić information content (AvgIpc) is 2.47. The minimum absolute atomic E-state index is 0.313. The minimum Gasteiger partial charge on any atom is -0.464 e. The maximum Gasteiger partial charge on any atom is 0.330 e. The molecule has 21 heavy (non-hydrogen) atoms. The van der Waals surface area contributed by atoms with Crippen molar-refractivity contribution in [2.24, 2.45) is 5.73 Å². The van der Waals surface area contributed by atoms with Gasteiger partial charge in [-0.25, -0.2) is 9.78 Å². The van der Waals surface area contributed by atoms with Gasteiger partial charge in [-0.3, -0.25) is 4.79 Å². The summed E-state index contributed by atoms with van der Waals surface area (Å²) in [5.74, 6) is -0.428. The largest absolute Gasteiger partial charge is 0.464 e. The summed E-state index contributed by atoms with van der Waals surface area (Å²) in [4.78, 5) is 29.9. The highest BCUT2D eigenvalue weighted by Crippen LogP contribution is 2.23. The molecule has 2 rings (SSSR count). The summed E-state index contributed by atoms with van der Waals surface area (Å²) in [6, 6.07) is 1.22. The zero-order valence-electron chi connectivity index (χ0n) is 12.3. The van der Waals surface area contributed by atoms with Gasteiger partial charge in [-0.1, -0.05) is 0 Å². The molecule has 1 aromatic rings. The smallest absolute Gasteiger partial charge is 0.330 e. The molecule has 1 aliphatic heterocycles. The van der Waals surface area contributed by atoms with E-state index in [4.69, 9.17) is 10.5 Å². The normalized spacial score (nSPS) is 18.4. The van der Waals surface area contributed by atoms with E-state index < -0.39 is 11.9 Å². The SMILES string of the molecule is CCOC(=O)C1CNCCN1c1nccc(C)c1C(N)=O. The highest BCUT2D eigenvalue weighted by Gasteiger charge is 2.33. The molecule has 7 heteroatoms. The number of aryl methyl sites for hydroxylation is 1. The number of nitrogens with one attached hydrogen (secondary N) is 1. The number of piperazine rings is 1. The number of esters is 1. The van der Waals surface area contributed by atoms with Gasteiger partial charge in [0.15, 0.2) is 0 Å². The summed E-state index contributed by atoms with van der Waals surface area (Å²) in [7, 11) is 0. The Bertz CT molecular complexity index is 547. The Morgan fingerprint density at radius 2 is 2.33 bits per heavy atom. The number of hydrogen-bond donors (Lipinski definition) is 2. The van der Waals surface area contributed by atoms with E-state index in [-0.39, 0.29) is 5.97 Å². The molecule has 2 heterocycles. The van der Waals surface area contributed by atoms with Crippen molar-refractivity contribution in [1.29, 1.82) is 0 Å². The minimum atomic E-state index is -0.545. The van der Waals surface area contributed by atoms with Crippen molar-refractivity contribution in [3.8, 4) is 0 Å². The highest BCUT2D eigenvalue weighted by molar-refractivity contribution is 5.99. The van der Waals surface area contributed by atoms with Crippen molar-refractivity contribution in [2.75, 3.05) is 31.1 Å². The molecule has 1 aliphatic rings. The Kier molecular flexibility index (Phi) is 4.74. The van der Waals surface area contributed by atoms with Crippen LogP contribution in [-0.2, 0) is 9.53 Å². The van der Waals surface area contributed by atoms with Crippen molar-refractivity contribution in [3.63, 3.8) is 0 Å². The maximum absolute atomic E-state index is 12.1. The molecule has 0 aliphatic carbocycles. The summed E-state index contributed by atoms with van der Waals surface area (Å²) in [6.07, 6.45) is 1.61. The average molecular weight is 292 g/mol. The van der Waals surface area contributed by atoms with Crippen LogP contribution in [0.25, 0.3) is 0 Å². The summed E-state index contributed by atoms with van der Waals surface area (Å²) < 4.78 is 5.10. The lowest BCUT2D eigenvalue weighted by atomic mass is 10.1. The van der Waals surface area contributed by atoms with Gasteiger partial charge in [0, 0.05) is 25.8 Å². The maximum atomic E-state index is 12.1. The van der Waals surface area contributed by atoms with Gasteiger partial charge in [0.05, 0.1) is 12.2 Å². The number of primary amides is 1. The van der Waals surface area contributed by atoms with Crippen LogP contribution in [0.4, 0.5) is 5.82 Å². The predicted octanol–water partition coefficient (Wildman–Crippen LogP) is -0.170. The van der Waals surface area contributed by atoms with Crippen molar-refractivity contribution < 1.29 is 14.3 Å². The molecule has 1 aromatic heterocycles. The molecule has 1 saturated heterocycles. The molecule has 3 N–H and O–H groups in total. The van der Waals surface area contributed by atoms with Gasteiger partial charge < -0.3 is 20.7 Å². The lowest BCUT2D eigenvalue weighted by Crippen LogP contribution is -2.56. The predicted molar refractivity (Wildman–Crippen MR) is 78.1 cm³/mol. The Hall–Kier alpha value is -2.15. The fraction of sp³-hybridized carbons (Fsp3) is 0.500. The van der Waals surface area contributed by atoms with Gasteiger partial charge in [0.2, 0.25) is 0 Å². The summed E-state index contributed by atoms with van der Waals surface area (Å²) in [6.45, 7) is 5.58. The number of pyridine rings is 1. The lowest BCUT2D eigenvalue weighted by Gasteiger charge is -2.36. The number of amides is 1. The van der Waals surface area contributed by atoms with Crippen LogP contribution in [0.2, 0.25) is 0 Å². The molecule has 0 radical (unpaired) electrons. The van der Waals surface area contributed by atoms with Crippen molar-refractivity contribution in [3.05, 3.63) is 23.4 Å². The van der Waals surface area contributed by atoms with Gasteiger partial charge in [-0.2, -0.15) is 0 Å². The fourth-order valence-corrected chi connectivity index (χ4v) is 2.47. The topological polar surface area (TPSA) is 97.6 Å². The highest BCUT2D eigenvalue weighted by atomic mass is 16.5. The van der Waals surface area contributed by atoms with Crippen molar-refractivity contribution in [1.82, 2.24) is 10.3 Å². The van der Waals surface area contributed by atoms with Crippen LogP contribution >= 0.6 is 0 Å². The summed E-state index contributed by atoms with van der Waals surface area (Å²) >= 11 is 0. The van der Waals surface area contributed by atoms with Crippen LogP contribution in [0.15, 0.2) is 12.3 Å². The number of hydrogen-bond acceptors (Lipinski definition) is 6. The van der Waals surface area contributed by atoms with Crippen molar-refractivity contribution in [2.45, 2.75) is 19.9 Å². The molecule has 0 spiro atoms. The molecular weight excluding hydrogens is 272 g/mol. The number of rotatable bonds is 4. The number of aromatic nitrogens is 1. The first-order valence-electron chi connectivity index (χ1n) is 6.95. The van der Waals surface area contributed by atoms with E-state index in [1.807, 2.05) is 0 Å². The first kappa shape index (κ1) is 15.2. The molecule has 0 bridgehead atoms. The molecule has 1 atom stereocenters. The molecule has 0 aromatic carbocycles. The lowest BCUT2D eigenvalue weighted by molar-refractivity contribution is -0.144. The van der Waals surface area contributed by atoms with E-state index in [9.17, 15) is 9.59 Å². The number of nitrogens with zero attached hydrogens (tertiary/aromatic N) is 2. The Labute approximate surface area is 123 Å². The zero-order chi connectivity index (χ0) is 15.4.